The molecule has 2 rings (SSSR count). The normalized spacial score (nSPS) is 17.0. The highest BCUT2D eigenvalue weighted by Crippen LogP contribution is 2.18. The lowest BCUT2D eigenvalue weighted by molar-refractivity contribution is -0.128. The van der Waals surface area contributed by atoms with Gasteiger partial charge in [-0.15, -0.1) is 0 Å². The molecule has 7 heteroatoms. The predicted octanol–water partition coefficient (Wildman–Crippen LogP) is 1.37. The number of hydrogen-bond donors (Lipinski definition) is 1. The average Bonchev–Trinajstić information content (AvgIpc) is 2.53. The number of rotatable bonds is 4. The zero-order chi connectivity index (χ0) is 17.1. The lowest BCUT2D eigenvalue weighted by Gasteiger charge is -2.26. The highest BCUT2D eigenvalue weighted by Gasteiger charge is 2.26. The van der Waals surface area contributed by atoms with Crippen LogP contribution in [0.5, 0.6) is 0 Å². The Labute approximate surface area is 137 Å². The van der Waals surface area contributed by atoms with Gasteiger partial charge in [-0.2, -0.15) is 4.31 Å². The van der Waals surface area contributed by atoms with E-state index in [1.54, 1.807) is 24.3 Å². The summed E-state index contributed by atoms with van der Waals surface area (Å²) in [5, 5.41) is 2.85. The quantitative estimate of drug-likeness (QED) is 0.898. The molecule has 0 unspecified atom stereocenters. The van der Waals surface area contributed by atoms with Gasteiger partial charge in [-0.05, 0) is 17.7 Å². The number of nitrogens with one attached hydrogen (secondary N) is 1. The van der Waals surface area contributed by atoms with Crippen molar-refractivity contribution in [2.24, 2.45) is 5.41 Å². The topological polar surface area (TPSA) is 75.7 Å². The van der Waals surface area contributed by atoms with E-state index in [0.29, 0.717) is 32.8 Å². The zero-order valence-corrected chi connectivity index (χ0v) is 14.6. The Morgan fingerprint density at radius 3 is 2.26 bits per heavy atom. The van der Waals surface area contributed by atoms with E-state index < -0.39 is 15.4 Å². The molecule has 0 aromatic heterocycles. The molecule has 0 bridgehead atoms. The predicted molar refractivity (Wildman–Crippen MR) is 87.3 cm³/mol. The Morgan fingerprint density at radius 1 is 1.17 bits per heavy atom. The van der Waals surface area contributed by atoms with Gasteiger partial charge in [0.15, 0.2) is 0 Å². The zero-order valence-electron chi connectivity index (χ0n) is 13.8. The standard InChI is InChI=1S/C16H24N2O4S/c1-16(2,3)15(19)17-12-13-4-6-14(7-5-13)23(20,21)18-8-10-22-11-9-18/h4-7H,8-12H2,1-3H3,(H,17,19). The van der Waals surface area contributed by atoms with E-state index in [1.165, 1.54) is 4.31 Å². The van der Waals surface area contributed by atoms with Gasteiger partial charge in [-0.25, -0.2) is 8.42 Å². The fourth-order valence-corrected chi connectivity index (χ4v) is 3.57. The van der Waals surface area contributed by atoms with Crippen LogP contribution >= 0.6 is 0 Å². The molecule has 1 aliphatic rings. The molecule has 1 aromatic carbocycles. The summed E-state index contributed by atoms with van der Waals surface area (Å²) in [5.74, 6) is -0.0393. The van der Waals surface area contributed by atoms with E-state index in [-0.39, 0.29) is 10.8 Å². The Morgan fingerprint density at radius 2 is 1.74 bits per heavy atom. The van der Waals surface area contributed by atoms with Crippen molar-refractivity contribution in [3.63, 3.8) is 0 Å². The van der Waals surface area contributed by atoms with Crippen LogP contribution in [0.4, 0.5) is 0 Å². The molecular formula is C16H24N2O4S. The molecule has 1 heterocycles. The van der Waals surface area contributed by atoms with Gasteiger partial charge in [0, 0.05) is 25.0 Å². The molecule has 1 aromatic rings. The average molecular weight is 340 g/mol. The van der Waals surface area contributed by atoms with Crippen molar-refractivity contribution < 1.29 is 17.9 Å². The van der Waals surface area contributed by atoms with Gasteiger partial charge in [0.1, 0.15) is 0 Å². The summed E-state index contributed by atoms with van der Waals surface area (Å²) < 4.78 is 31.6. The number of nitrogens with zero attached hydrogens (tertiary/aromatic N) is 1. The summed E-state index contributed by atoms with van der Waals surface area (Å²) in [6, 6.07) is 6.64. The first kappa shape index (κ1) is 17.9. The summed E-state index contributed by atoms with van der Waals surface area (Å²) in [4.78, 5) is 12.1. The smallest absolute Gasteiger partial charge is 0.243 e. The maximum absolute atomic E-state index is 12.5. The van der Waals surface area contributed by atoms with E-state index in [1.807, 2.05) is 20.8 Å². The number of sulfonamides is 1. The molecule has 128 valence electrons. The van der Waals surface area contributed by atoms with Crippen LogP contribution in [-0.2, 0) is 26.1 Å². The number of amides is 1. The Hall–Kier alpha value is -1.44. The van der Waals surface area contributed by atoms with Crippen molar-refractivity contribution in [2.75, 3.05) is 26.3 Å². The second-order valence-corrected chi connectivity index (χ2v) is 8.53. The lowest BCUT2D eigenvalue weighted by Crippen LogP contribution is -2.40. The number of hydrogen-bond acceptors (Lipinski definition) is 4. The van der Waals surface area contributed by atoms with Crippen molar-refractivity contribution >= 4 is 15.9 Å². The largest absolute Gasteiger partial charge is 0.379 e. The second-order valence-electron chi connectivity index (χ2n) is 6.59. The first-order chi connectivity index (χ1) is 10.7. The lowest BCUT2D eigenvalue weighted by atomic mass is 9.95. The van der Waals surface area contributed by atoms with E-state index in [0.717, 1.165) is 5.56 Å². The molecule has 0 saturated carbocycles. The summed E-state index contributed by atoms with van der Waals surface area (Å²) in [5.41, 5.74) is 0.420. The molecule has 1 aliphatic heterocycles. The molecule has 0 spiro atoms. The summed E-state index contributed by atoms with van der Waals surface area (Å²) in [6.45, 7) is 7.54. The SMILES string of the molecule is CC(C)(C)C(=O)NCc1ccc(S(=O)(=O)N2CCOCC2)cc1. The van der Waals surface area contributed by atoms with Crippen molar-refractivity contribution in [2.45, 2.75) is 32.2 Å². The molecule has 1 saturated heterocycles. The first-order valence-corrected chi connectivity index (χ1v) is 9.10. The van der Waals surface area contributed by atoms with Crippen LogP contribution in [0.3, 0.4) is 0 Å². The molecular weight excluding hydrogens is 316 g/mol. The Bertz CT molecular complexity index is 642. The second kappa shape index (κ2) is 6.98. The molecule has 1 fully saturated rings. The number of benzene rings is 1. The van der Waals surface area contributed by atoms with Crippen molar-refractivity contribution in [3.05, 3.63) is 29.8 Å². The van der Waals surface area contributed by atoms with Gasteiger partial charge < -0.3 is 10.1 Å². The minimum Gasteiger partial charge on any atom is -0.379 e. The minimum absolute atomic E-state index is 0.0393. The maximum Gasteiger partial charge on any atom is 0.243 e. The molecule has 1 amide bonds. The van der Waals surface area contributed by atoms with Crippen LogP contribution in [-0.4, -0.2) is 44.9 Å². The Kier molecular flexibility index (Phi) is 5.44. The van der Waals surface area contributed by atoms with Gasteiger partial charge in [-0.3, -0.25) is 4.79 Å². The summed E-state index contributed by atoms with van der Waals surface area (Å²) >= 11 is 0. The number of carbonyl (C=O) groups excluding carboxylic acids is 1. The maximum atomic E-state index is 12.5. The van der Waals surface area contributed by atoms with Gasteiger partial charge in [0.2, 0.25) is 15.9 Å². The molecule has 0 aliphatic carbocycles. The fraction of sp³-hybridized carbons (Fsp3) is 0.562. The summed E-state index contributed by atoms with van der Waals surface area (Å²) in [7, 11) is -3.47. The number of morpholine rings is 1. The number of ether oxygens (including phenoxy) is 1. The van der Waals surface area contributed by atoms with Crippen LogP contribution in [0.1, 0.15) is 26.3 Å². The van der Waals surface area contributed by atoms with Gasteiger partial charge in [0.25, 0.3) is 0 Å². The monoisotopic (exact) mass is 340 g/mol. The van der Waals surface area contributed by atoms with Crippen molar-refractivity contribution in [1.29, 1.82) is 0 Å². The number of carbonyl (C=O) groups is 1. The van der Waals surface area contributed by atoms with E-state index in [9.17, 15) is 13.2 Å². The van der Waals surface area contributed by atoms with Gasteiger partial charge in [0.05, 0.1) is 18.1 Å². The van der Waals surface area contributed by atoms with Crippen LogP contribution in [0, 0.1) is 5.41 Å². The van der Waals surface area contributed by atoms with Crippen LogP contribution in [0.25, 0.3) is 0 Å². The summed E-state index contributed by atoms with van der Waals surface area (Å²) in [6.07, 6.45) is 0. The highest BCUT2D eigenvalue weighted by atomic mass is 32.2. The van der Waals surface area contributed by atoms with E-state index in [4.69, 9.17) is 4.74 Å². The molecule has 1 N–H and O–H groups in total. The molecule has 6 nitrogen and oxygen atoms in total. The third-order valence-corrected chi connectivity index (χ3v) is 5.58. The van der Waals surface area contributed by atoms with E-state index in [2.05, 4.69) is 5.32 Å². The van der Waals surface area contributed by atoms with Crippen LogP contribution < -0.4 is 5.32 Å². The van der Waals surface area contributed by atoms with Gasteiger partial charge >= 0.3 is 0 Å². The first-order valence-electron chi connectivity index (χ1n) is 7.66. The van der Waals surface area contributed by atoms with Crippen molar-refractivity contribution in [1.82, 2.24) is 9.62 Å². The van der Waals surface area contributed by atoms with Crippen LogP contribution in [0.15, 0.2) is 29.2 Å². The molecule has 23 heavy (non-hydrogen) atoms. The Balaban J connectivity index is 2.03. The van der Waals surface area contributed by atoms with Crippen LogP contribution in [0.2, 0.25) is 0 Å². The van der Waals surface area contributed by atoms with E-state index >= 15 is 0 Å². The third-order valence-electron chi connectivity index (χ3n) is 3.67. The fourth-order valence-electron chi connectivity index (χ4n) is 2.16. The van der Waals surface area contributed by atoms with Crippen molar-refractivity contribution in [3.8, 4) is 0 Å². The highest BCUT2D eigenvalue weighted by molar-refractivity contribution is 7.89. The van der Waals surface area contributed by atoms with Gasteiger partial charge in [-0.1, -0.05) is 32.9 Å². The third kappa shape index (κ3) is 4.53. The molecule has 0 radical (unpaired) electrons. The minimum atomic E-state index is -3.47. The molecule has 0 atom stereocenters.